The van der Waals surface area contributed by atoms with Crippen LogP contribution in [0.2, 0.25) is 0 Å². The molecule has 6 nitrogen and oxygen atoms in total. The Balaban J connectivity index is 1.95. The van der Waals surface area contributed by atoms with Gasteiger partial charge in [0.15, 0.2) is 5.65 Å². The van der Waals surface area contributed by atoms with Gasteiger partial charge in [0, 0.05) is 30.7 Å². The van der Waals surface area contributed by atoms with Crippen LogP contribution >= 0.6 is 0 Å². The monoisotopic (exact) mass is 278 g/mol. The molecule has 104 valence electrons. The summed E-state index contributed by atoms with van der Waals surface area (Å²) >= 11 is 0. The van der Waals surface area contributed by atoms with Crippen LogP contribution in [0.4, 0.5) is 11.5 Å². The van der Waals surface area contributed by atoms with Crippen molar-refractivity contribution >= 4 is 28.5 Å². The zero-order valence-corrected chi connectivity index (χ0v) is 11.5. The van der Waals surface area contributed by atoms with E-state index in [-0.39, 0.29) is 5.84 Å². The Labute approximate surface area is 121 Å². The first-order chi connectivity index (χ1) is 10.1. The van der Waals surface area contributed by atoms with Crippen molar-refractivity contribution in [2.24, 2.45) is 5.73 Å². The number of nitrogens with two attached hydrogens (primary N) is 1. The quantitative estimate of drug-likeness (QED) is 0.565. The number of hydrogen-bond acceptors (Lipinski definition) is 5. The minimum atomic E-state index is 0.0586. The lowest BCUT2D eigenvalue weighted by atomic mass is 10.2. The predicted octanol–water partition coefficient (Wildman–Crippen LogP) is 2.08. The number of nitrogen functional groups attached to an aromatic ring is 1. The number of pyridine rings is 1. The lowest BCUT2D eigenvalue weighted by Gasteiger charge is -2.18. The molecule has 0 spiro atoms. The summed E-state index contributed by atoms with van der Waals surface area (Å²) in [6.07, 6.45) is 3.27. The fraction of sp³-hybridized carbons (Fsp3) is 0.0667. The SMILES string of the molecule is CN(c1ccc(C(=N)N)cc1)c1ccc2nccnc2n1. The molecule has 6 heteroatoms. The molecule has 3 N–H and O–H groups in total. The normalized spacial score (nSPS) is 10.5. The highest BCUT2D eigenvalue weighted by Crippen LogP contribution is 2.23. The van der Waals surface area contributed by atoms with Crippen LogP contribution in [0.3, 0.4) is 0 Å². The summed E-state index contributed by atoms with van der Waals surface area (Å²) in [6, 6.07) is 11.2. The van der Waals surface area contributed by atoms with Gasteiger partial charge in [-0.15, -0.1) is 0 Å². The minimum Gasteiger partial charge on any atom is -0.384 e. The van der Waals surface area contributed by atoms with Crippen LogP contribution in [-0.4, -0.2) is 27.8 Å². The Bertz CT molecular complexity index is 797. The van der Waals surface area contributed by atoms with Crippen LogP contribution in [-0.2, 0) is 0 Å². The average molecular weight is 278 g/mol. The Kier molecular flexibility index (Phi) is 3.19. The maximum Gasteiger partial charge on any atom is 0.180 e. The predicted molar refractivity (Wildman–Crippen MR) is 82.9 cm³/mol. The first-order valence-electron chi connectivity index (χ1n) is 6.41. The van der Waals surface area contributed by atoms with Crippen LogP contribution in [0.1, 0.15) is 5.56 Å². The van der Waals surface area contributed by atoms with Crippen LogP contribution < -0.4 is 10.6 Å². The summed E-state index contributed by atoms with van der Waals surface area (Å²) in [6.45, 7) is 0. The third kappa shape index (κ3) is 2.51. The van der Waals surface area contributed by atoms with Gasteiger partial charge < -0.3 is 10.6 Å². The van der Waals surface area contributed by atoms with E-state index < -0.39 is 0 Å². The molecular weight excluding hydrogens is 264 g/mol. The van der Waals surface area contributed by atoms with E-state index in [1.807, 2.05) is 48.3 Å². The van der Waals surface area contributed by atoms with Crippen molar-refractivity contribution in [3.63, 3.8) is 0 Å². The van der Waals surface area contributed by atoms with E-state index in [0.717, 1.165) is 17.0 Å². The second-order valence-corrected chi connectivity index (χ2v) is 4.59. The number of nitrogens with zero attached hydrogens (tertiary/aromatic N) is 4. The number of hydrogen-bond donors (Lipinski definition) is 2. The summed E-state index contributed by atoms with van der Waals surface area (Å²) in [5.41, 5.74) is 8.49. The lowest BCUT2D eigenvalue weighted by molar-refractivity contribution is 1.12. The van der Waals surface area contributed by atoms with E-state index in [9.17, 15) is 0 Å². The molecule has 1 aromatic carbocycles. The molecule has 0 radical (unpaired) electrons. The van der Waals surface area contributed by atoms with Gasteiger partial charge in [-0.05, 0) is 36.4 Å². The van der Waals surface area contributed by atoms with Gasteiger partial charge in [-0.2, -0.15) is 0 Å². The summed E-state index contributed by atoms with van der Waals surface area (Å²) in [4.78, 5) is 14.9. The van der Waals surface area contributed by atoms with Gasteiger partial charge in [0.2, 0.25) is 0 Å². The second-order valence-electron chi connectivity index (χ2n) is 4.59. The molecular formula is C15H14N6. The molecule has 2 heterocycles. The topological polar surface area (TPSA) is 91.8 Å². The van der Waals surface area contributed by atoms with Gasteiger partial charge in [0.05, 0.1) is 0 Å². The molecule has 0 aliphatic carbocycles. The summed E-state index contributed by atoms with van der Waals surface area (Å²) in [7, 11) is 1.92. The molecule has 0 amide bonds. The van der Waals surface area contributed by atoms with Gasteiger partial charge in [-0.1, -0.05) is 0 Å². The zero-order valence-electron chi connectivity index (χ0n) is 11.5. The lowest BCUT2D eigenvalue weighted by Crippen LogP contribution is -2.13. The molecule has 3 aromatic rings. The molecule has 0 unspecified atom stereocenters. The standard InChI is InChI=1S/C15H14N6/c1-21(11-4-2-10(3-5-11)14(16)17)13-7-6-12-15(20-13)19-9-8-18-12/h2-9H,1H3,(H3,16,17). The van der Waals surface area contributed by atoms with Gasteiger partial charge in [-0.25, -0.2) is 9.97 Å². The van der Waals surface area contributed by atoms with Crippen molar-refractivity contribution in [2.45, 2.75) is 0 Å². The second kappa shape index (κ2) is 5.16. The largest absolute Gasteiger partial charge is 0.384 e. The average Bonchev–Trinajstić information content (AvgIpc) is 2.54. The Hall–Kier alpha value is -3.02. The van der Waals surface area contributed by atoms with E-state index in [1.165, 1.54) is 0 Å². The summed E-state index contributed by atoms with van der Waals surface area (Å²) in [5, 5.41) is 7.40. The number of fused-ring (bicyclic) bond motifs is 1. The third-order valence-electron chi connectivity index (χ3n) is 3.23. The molecule has 0 aliphatic heterocycles. The maximum absolute atomic E-state index is 7.40. The first kappa shape index (κ1) is 13.0. The van der Waals surface area contributed by atoms with E-state index in [0.29, 0.717) is 11.2 Å². The first-order valence-corrected chi connectivity index (χ1v) is 6.41. The van der Waals surface area contributed by atoms with Crippen LogP contribution in [0, 0.1) is 5.41 Å². The number of aromatic nitrogens is 3. The number of anilines is 2. The van der Waals surface area contributed by atoms with Crippen LogP contribution in [0.15, 0.2) is 48.8 Å². The van der Waals surface area contributed by atoms with Crippen LogP contribution in [0.5, 0.6) is 0 Å². The molecule has 2 aromatic heterocycles. The molecule has 3 rings (SSSR count). The maximum atomic E-state index is 7.40. The van der Waals surface area contributed by atoms with Crippen molar-refractivity contribution in [3.05, 3.63) is 54.4 Å². The Morgan fingerprint density at radius 3 is 2.48 bits per heavy atom. The minimum absolute atomic E-state index is 0.0586. The van der Waals surface area contributed by atoms with E-state index in [1.54, 1.807) is 12.4 Å². The van der Waals surface area contributed by atoms with Crippen LogP contribution in [0.25, 0.3) is 11.2 Å². The zero-order chi connectivity index (χ0) is 14.8. The number of rotatable bonds is 3. The van der Waals surface area contributed by atoms with Gasteiger partial charge in [-0.3, -0.25) is 10.4 Å². The Morgan fingerprint density at radius 1 is 1.05 bits per heavy atom. The van der Waals surface area contributed by atoms with Gasteiger partial charge in [0.1, 0.15) is 17.2 Å². The van der Waals surface area contributed by atoms with Crippen molar-refractivity contribution in [1.29, 1.82) is 5.41 Å². The van der Waals surface area contributed by atoms with Crippen molar-refractivity contribution in [2.75, 3.05) is 11.9 Å². The van der Waals surface area contributed by atoms with E-state index >= 15 is 0 Å². The molecule has 0 aliphatic rings. The number of benzene rings is 1. The number of nitrogens with one attached hydrogen (secondary N) is 1. The van der Waals surface area contributed by atoms with Crippen molar-refractivity contribution in [3.8, 4) is 0 Å². The van der Waals surface area contributed by atoms with E-state index in [4.69, 9.17) is 11.1 Å². The molecule has 0 saturated carbocycles. The third-order valence-corrected chi connectivity index (χ3v) is 3.23. The molecule has 0 bridgehead atoms. The Morgan fingerprint density at radius 2 is 1.76 bits per heavy atom. The fourth-order valence-corrected chi connectivity index (χ4v) is 2.03. The summed E-state index contributed by atoms with van der Waals surface area (Å²) in [5.74, 6) is 0.835. The smallest absolute Gasteiger partial charge is 0.180 e. The fourth-order valence-electron chi connectivity index (χ4n) is 2.03. The molecule has 21 heavy (non-hydrogen) atoms. The van der Waals surface area contributed by atoms with Crippen molar-refractivity contribution in [1.82, 2.24) is 15.0 Å². The van der Waals surface area contributed by atoms with E-state index in [2.05, 4.69) is 15.0 Å². The highest BCUT2D eigenvalue weighted by atomic mass is 15.2. The highest BCUT2D eigenvalue weighted by Gasteiger charge is 2.07. The number of amidine groups is 1. The molecule has 0 atom stereocenters. The van der Waals surface area contributed by atoms with Gasteiger partial charge in [0.25, 0.3) is 0 Å². The highest BCUT2D eigenvalue weighted by molar-refractivity contribution is 5.95. The van der Waals surface area contributed by atoms with Crippen molar-refractivity contribution < 1.29 is 0 Å². The summed E-state index contributed by atoms with van der Waals surface area (Å²) < 4.78 is 0. The van der Waals surface area contributed by atoms with Gasteiger partial charge >= 0.3 is 0 Å². The molecule has 0 saturated heterocycles. The molecule has 0 fully saturated rings.